The number of likely N-dealkylation sites (tertiary alicyclic amines) is 2. The maximum absolute atomic E-state index is 12.6. The Labute approximate surface area is 134 Å². The molecule has 3 saturated heterocycles. The van der Waals surface area contributed by atoms with Crippen molar-refractivity contribution in [2.45, 2.75) is 32.2 Å². The number of amides is 4. The van der Waals surface area contributed by atoms with Crippen molar-refractivity contribution in [3.05, 3.63) is 0 Å². The topological polar surface area (TPSA) is 87.2 Å². The van der Waals surface area contributed by atoms with Crippen molar-refractivity contribution in [3.63, 3.8) is 0 Å². The third-order valence-corrected chi connectivity index (χ3v) is 4.91. The molecule has 3 aliphatic heterocycles. The zero-order valence-corrected chi connectivity index (χ0v) is 13.2. The SMILES string of the molecule is CC(=O)N1CCC(C(=O)N2CCC(N3C(=O)COC3=O)C2)CC1. The Morgan fingerprint density at radius 1 is 1.04 bits per heavy atom. The van der Waals surface area contributed by atoms with E-state index in [4.69, 9.17) is 4.74 Å². The van der Waals surface area contributed by atoms with Crippen molar-refractivity contribution in [2.75, 3.05) is 32.8 Å². The Morgan fingerprint density at radius 3 is 2.26 bits per heavy atom. The Balaban J connectivity index is 1.55. The predicted molar refractivity (Wildman–Crippen MR) is 78.2 cm³/mol. The van der Waals surface area contributed by atoms with Gasteiger partial charge in [0.15, 0.2) is 6.61 Å². The summed E-state index contributed by atoms with van der Waals surface area (Å²) in [6.45, 7) is 3.49. The fourth-order valence-electron chi connectivity index (χ4n) is 3.57. The molecule has 0 saturated carbocycles. The van der Waals surface area contributed by atoms with Crippen LogP contribution in [0.3, 0.4) is 0 Å². The van der Waals surface area contributed by atoms with E-state index in [1.807, 2.05) is 0 Å². The first-order valence-electron chi connectivity index (χ1n) is 8.00. The third-order valence-electron chi connectivity index (χ3n) is 4.91. The smallest absolute Gasteiger partial charge is 0.417 e. The number of rotatable bonds is 2. The van der Waals surface area contributed by atoms with Gasteiger partial charge in [0.25, 0.3) is 5.91 Å². The zero-order valence-electron chi connectivity index (χ0n) is 13.2. The molecule has 23 heavy (non-hydrogen) atoms. The summed E-state index contributed by atoms with van der Waals surface area (Å²) in [5, 5.41) is 0. The van der Waals surface area contributed by atoms with Crippen molar-refractivity contribution in [1.29, 1.82) is 0 Å². The molecule has 0 aliphatic carbocycles. The van der Waals surface area contributed by atoms with Crippen molar-refractivity contribution in [1.82, 2.24) is 14.7 Å². The number of ether oxygens (including phenoxy) is 1. The van der Waals surface area contributed by atoms with Gasteiger partial charge >= 0.3 is 6.09 Å². The molecule has 0 N–H and O–H groups in total. The first-order chi connectivity index (χ1) is 11.0. The van der Waals surface area contributed by atoms with Crippen molar-refractivity contribution in [3.8, 4) is 0 Å². The van der Waals surface area contributed by atoms with Gasteiger partial charge in [0, 0.05) is 39.0 Å². The Hall–Kier alpha value is -2.12. The van der Waals surface area contributed by atoms with Crippen LogP contribution >= 0.6 is 0 Å². The summed E-state index contributed by atoms with van der Waals surface area (Å²) >= 11 is 0. The molecule has 0 aromatic heterocycles. The molecule has 3 aliphatic rings. The second-order valence-electron chi connectivity index (χ2n) is 6.33. The van der Waals surface area contributed by atoms with Gasteiger partial charge in [0.05, 0.1) is 6.04 Å². The van der Waals surface area contributed by atoms with E-state index in [0.29, 0.717) is 45.4 Å². The van der Waals surface area contributed by atoms with E-state index in [1.54, 1.807) is 16.7 Å². The van der Waals surface area contributed by atoms with E-state index in [-0.39, 0.29) is 36.3 Å². The highest BCUT2D eigenvalue weighted by Gasteiger charge is 2.42. The average molecular weight is 323 g/mol. The number of hydrogen-bond acceptors (Lipinski definition) is 5. The molecule has 0 bridgehead atoms. The van der Waals surface area contributed by atoms with Gasteiger partial charge in [-0.2, -0.15) is 0 Å². The molecule has 0 aromatic rings. The fourth-order valence-corrected chi connectivity index (χ4v) is 3.57. The van der Waals surface area contributed by atoms with Gasteiger partial charge in [0.1, 0.15) is 0 Å². The van der Waals surface area contributed by atoms with Crippen LogP contribution in [0.15, 0.2) is 0 Å². The minimum absolute atomic E-state index is 0.0446. The molecule has 8 heteroatoms. The lowest BCUT2D eigenvalue weighted by Gasteiger charge is -2.32. The number of carbonyl (C=O) groups excluding carboxylic acids is 4. The van der Waals surface area contributed by atoms with Gasteiger partial charge < -0.3 is 14.5 Å². The summed E-state index contributed by atoms with van der Waals surface area (Å²) in [5.74, 6) is -0.298. The average Bonchev–Trinajstić information content (AvgIpc) is 3.13. The van der Waals surface area contributed by atoms with Crippen molar-refractivity contribution in [2.24, 2.45) is 5.92 Å². The number of imide groups is 1. The second kappa shape index (κ2) is 6.17. The number of nitrogens with zero attached hydrogens (tertiary/aromatic N) is 3. The summed E-state index contributed by atoms with van der Waals surface area (Å²) in [6.07, 6.45) is 1.33. The third kappa shape index (κ3) is 3.02. The van der Waals surface area contributed by atoms with E-state index < -0.39 is 6.09 Å². The first-order valence-corrected chi connectivity index (χ1v) is 8.00. The Kier molecular flexibility index (Phi) is 4.23. The highest BCUT2D eigenvalue weighted by molar-refractivity contribution is 5.98. The minimum Gasteiger partial charge on any atom is -0.439 e. The lowest BCUT2D eigenvalue weighted by Crippen LogP contribution is -2.45. The standard InChI is InChI=1S/C15H21N3O5/c1-10(19)16-5-2-11(3-6-16)14(21)17-7-4-12(8-17)18-13(20)9-23-15(18)22/h11-12H,2-9H2,1H3. The Bertz CT molecular complexity index is 525. The number of cyclic esters (lactones) is 1. The van der Waals surface area contributed by atoms with E-state index in [9.17, 15) is 19.2 Å². The second-order valence-corrected chi connectivity index (χ2v) is 6.33. The summed E-state index contributed by atoms with van der Waals surface area (Å²) < 4.78 is 4.73. The minimum atomic E-state index is -0.607. The van der Waals surface area contributed by atoms with Crippen LogP contribution in [0.4, 0.5) is 4.79 Å². The van der Waals surface area contributed by atoms with Gasteiger partial charge in [-0.1, -0.05) is 0 Å². The number of carbonyl (C=O) groups is 4. The van der Waals surface area contributed by atoms with E-state index in [2.05, 4.69) is 0 Å². The molecule has 4 amide bonds. The molecule has 1 atom stereocenters. The summed E-state index contributed by atoms with van der Waals surface area (Å²) in [5.41, 5.74) is 0. The van der Waals surface area contributed by atoms with Gasteiger partial charge in [-0.3, -0.25) is 14.4 Å². The molecule has 8 nitrogen and oxygen atoms in total. The summed E-state index contributed by atoms with van der Waals surface area (Å²) in [7, 11) is 0. The van der Waals surface area contributed by atoms with Crippen LogP contribution in [0.2, 0.25) is 0 Å². The summed E-state index contributed by atoms with van der Waals surface area (Å²) in [6, 6.07) is -0.279. The van der Waals surface area contributed by atoms with E-state index in [0.717, 1.165) is 4.90 Å². The van der Waals surface area contributed by atoms with Gasteiger partial charge in [-0.15, -0.1) is 0 Å². The van der Waals surface area contributed by atoms with Crippen LogP contribution in [0, 0.1) is 5.92 Å². The highest BCUT2D eigenvalue weighted by atomic mass is 16.6. The highest BCUT2D eigenvalue weighted by Crippen LogP contribution is 2.25. The van der Waals surface area contributed by atoms with Crippen LogP contribution in [0.1, 0.15) is 26.2 Å². The maximum atomic E-state index is 12.6. The van der Waals surface area contributed by atoms with Crippen LogP contribution < -0.4 is 0 Å². The number of piperidine rings is 1. The quantitative estimate of drug-likeness (QED) is 0.704. The molecule has 126 valence electrons. The molecule has 0 radical (unpaired) electrons. The zero-order chi connectivity index (χ0) is 16.6. The normalized spacial score (nSPS) is 26.0. The molecule has 0 spiro atoms. The van der Waals surface area contributed by atoms with E-state index in [1.165, 1.54) is 0 Å². The fraction of sp³-hybridized carbons (Fsp3) is 0.733. The molecular weight excluding hydrogens is 302 g/mol. The van der Waals surface area contributed by atoms with Gasteiger partial charge in [-0.05, 0) is 19.3 Å². The Morgan fingerprint density at radius 2 is 1.70 bits per heavy atom. The lowest BCUT2D eigenvalue weighted by molar-refractivity contribution is -0.139. The molecule has 3 rings (SSSR count). The number of hydrogen-bond donors (Lipinski definition) is 0. The van der Waals surface area contributed by atoms with Gasteiger partial charge in [0.2, 0.25) is 11.8 Å². The predicted octanol–water partition coefficient (Wildman–Crippen LogP) is -0.175. The van der Waals surface area contributed by atoms with E-state index >= 15 is 0 Å². The van der Waals surface area contributed by atoms with Crippen LogP contribution in [0.5, 0.6) is 0 Å². The van der Waals surface area contributed by atoms with Crippen molar-refractivity contribution < 1.29 is 23.9 Å². The van der Waals surface area contributed by atoms with Crippen LogP contribution in [0.25, 0.3) is 0 Å². The maximum Gasteiger partial charge on any atom is 0.417 e. The van der Waals surface area contributed by atoms with Crippen LogP contribution in [-0.2, 0) is 19.1 Å². The lowest BCUT2D eigenvalue weighted by atomic mass is 9.95. The molecular formula is C15H21N3O5. The molecule has 0 aromatic carbocycles. The summed E-state index contributed by atoms with van der Waals surface area (Å²) in [4.78, 5) is 51.9. The molecule has 3 heterocycles. The molecule has 1 unspecified atom stereocenters. The first kappa shape index (κ1) is 15.8. The van der Waals surface area contributed by atoms with Gasteiger partial charge in [-0.25, -0.2) is 9.69 Å². The van der Waals surface area contributed by atoms with Crippen LogP contribution in [-0.4, -0.2) is 77.3 Å². The molecule has 3 fully saturated rings. The monoisotopic (exact) mass is 323 g/mol. The van der Waals surface area contributed by atoms with Crippen molar-refractivity contribution >= 4 is 23.8 Å². The largest absolute Gasteiger partial charge is 0.439 e.